The minimum Gasteiger partial charge on any atom is -0.294 e. The van der Waals surface area contributed by atoms with Gasteiger partial charge in [-0.25, -0.2) is 4.98 Å². The van der Waals surface area contributed by atoms with E-state index in [4.69, 9.17) is 0 Å². The van der Waals surface area contributed by atoms with Crippen LogP contribution in [-0.4, -0.2) is 10.8 Å². The van der Waals surface area contributed by atoms with Gasteiger partial charge in [-0.3, -0.25) is 4.79 Å². The van der Waals surface area contributed by atoms with E-state index in [2.05, 4.69) is 20.9 Å². The van der Waals surface area contributed by atoms with E-state index < -0.39 is 5.95 Å². The molecule has 2 aromatic carbocycles. The highest BCUT2D eigenvalue weighted by Crippen LogP contribution is 2.33. The maximum atomic E-state index is 13.6. The Labute approximate surface area is 161 Å². The van der Waals surface area contributed by atoms with E-state index in [0.29, 0.717) is 11.3 Å². The largest absolute Gasteiger partial charge is 0.294 e. The highest BCUT2D eigenvalue weighted by atomic mass is 79.9. The Hall–Kier alpha value is -2.33. The molecule has 0 aliphatic rings. The fourth-order valence-electron chi connectivity index (χ4n) is 3.20. The summed E-state index contributed by atoms with van der Waals surface area (Å²) < 4.78 is 14.6. The number of aromatic nitrogens is 1. The van der Waals surface area contributed by atoms with Gasteiger partial charge in [0.05, 0.1) is 0 Å². The lowest BCUT2D eigenvalue weighted by Gasteiger charge is -2.20. The molecule has 1 unspecified atom stereocenters. The highest BCUT2D eigenvalue weighted by molar-refractivity contribution is 9.10. The molecule has 0 saturated heterocycles. The molecule has 0 saturated carbocycles. The van der Waals surface area contributed by atoms with Gasteiger partial charge >= 0.3 is 0 Å². The summed E-state index contributed by atoms with van der Waals surface area (Å²) in [7, 11) is 0. The van der Waals surface area contributed by atoms with Gasteiger partial charge in [0, 0.05) is 34.1 Å². The number of nitrogens with zero attached hydrogens (tertiary/aromatic N) is 1. The lowest BCUT2D eigenvalue weighted by molar-refractivity contribution is 0.0977. The van der Waals surface area contributed by atoms with E-state index in [1.807, 2.05) is 55.5 Å². The minimum atomic E-state index is -0.622. The van der Waals surface area contributed by atoms with Crippen LogP contribution in [0.4, 0.5) is 4.39 Å². The molecular weight excluding hydrogens is 393 g/mol. The number of hydrogen-bond acceptors (Lipinski definition) is 2. The maximum Gasteiger partial charge on any atom is 0.213 e. The van der Waals surface area contributed by atoms with Crippen molar-refractivity contribution in [2.24, 2.45) is 0 Å². The number of benzene rings is 2. The van der Waals surface area contributed by atoms with Crippen LogP contribution in [0.2, 0.25) is 0 Å². The second kappa shape index (κ2) is 7.92. The average Bonchev–Trinajstić information content (AvgIpc) is 2.59. The predicted octanol–water partition coefficient (Wildman–Crippen LogP) is 6.00. The Balaban J connectivity index is 2.01. The van der Waals surface area contributed by atoms with Crippen LogP contribution in [0, 0.1) is 19.8 Å². The fraction of sp³-hybridized carbons (Fsp3) is 0.182. The molecule has 1 aromatic heterocycles. The van der Waals surface area contributed by atoms with Gasteiger partial charge in [-0.2, -0.15) is 4.39 Å². The quantitative estimate of drug-likeness (QED) is 0.380. The molecule has 132 valence electrons. The van der Waals surface area contributed by atoms with Crippen LogP contribution in [0.15, 0.2) is 65.1 Å². The summed E-state index contributed by atoms with van der Waals surface area (Å²) in [6, 6.07) is 18.9. The number of rotatable bonds is 5. The number of carbonyl (C=O) groups is 1. The normalized spacial score (nSPS) is 12.0. The summed E-state index contributed by atoms with van der Waals surface area (Å²) in [5.41, 5.74) is 4.15. The monoisotopic (exact) mass is 411 g/mol. The van der Waals surface area contributed by atoms with Crippen LogP contribution in [-0.2, 0) is 0 Å². The number of Topliss-reactive ketones (excluding diaryl/α,β-unsaturated/α-hetero) is 1. The number of hydrogen-bond donors (Lipinski definition) is 0. The third-order valence-electron chi connectivity index (χ3n) is 4.45. The highest BCUT2D eigenvalue weighted by Gasteiger charge is 2.21. The Bertz CT molecular complexity index is 934. The number of halogens is 2. The van der Waals surface area contributed by atoms with E-state index in [0.717, 1.165) is 21.2 Å². The number of ketones is 1. The van der Waals surface area contributed by atoms with Gasteiger partial charge in [0.25, 0.3) is 0 Å². The second-order valence-electron chi connectivity index (χ2n) is 6.41. The molecule has 0 fully saturated rings. The zero-order chi connectivity index (χ0) is 18.7. The van der Waals surface area contributed by atoms with E-state index in [9.17, 15) is 9.18 Å². The molecule has 1 heterocycles. The van der Waals surface area contributed by atoms with Crippen LogP contribution in [0.1, 0.15) is 45.1 Å². The summed E-state index contributed by atoms with van der Waals surface area (Å²) in [5, 5.41) is 0. The predicted molar refractivity (Wildman–Crippen MR) is 105 cm³/mol. The summed E-state index contributed by atoms with van der Waals surface area (Å²) in [5.74, 6) is -0.816. The first kappa shape index (κ1) is 18.5. The number of pyridine rings is 1. The van der Waals surface area contributed by atoms with Gasteiger partial charge in [0.2, 0.25) is 5.95 Å². The van der Waals surface area contributed by atoms with Crippen LogP contribution >= 0.6 is 15.9 Å². The van der Waals surface area contributed by atoms with E-state index >= 15 is 0 Å². The molecule has 0 aliphatic heterocycles. The van der Waals surface area contributed by atoms with Gasteiger partial charge < -0.3 is 0 Å². The second-order valence-corrected chi connectivity index (χ2v) is 7.33. The van der Waals surface area contributed by atoms with Crippen molar-refractivity contribution >= 4 is 21.7 Å². The molecule has 2 nitrogen and oxygen atoms in total. The topological polar surface area (TPSA) is 30.0 Å². The van der Waals surface area contributed by atoms with Crippen LogP contribution in [0.3, 0.4) is 0 Å². The maximum absolute atomic E-state index is 13.6. The van der Waals surface area contributed by atoms with Gasteiger partial charge in [-0.15, -0.1) is 0 Å². The molecule has 0 radical (unpaired) electrons. The van der Waals surface area contributed by atoms with Crippen molar-refractivity contribution in [2.75, 3.05) is 0 Å². The smallest absolute Gasteiger partial charge is 0.213 e. The lowest BCUT2D eigenvalue weighted by atomic mass is 9.84. The third-order valence-corrected chi connectivity index (χ3v) is 4.94. The van der Waals surface area contributed by atoms with Gasteiger partial charge in [0.15, 0.2) is 5.78 Å². The van der Waals surface area contributed by atoms with E-state index in [1.54, 1.807) is 13.0 Å². The molecule has 1 atom stereocenters. The molecule has 3 aromatic rings. The third kappa shape index (κ3) is 4.25. The van der Waals surface area contributed by atoms with Gasteiger partial charge in [0.1, 0.15) is 0 Å². The molecule has 3 rings (SSSR count). The molecule has 4 heteroatoms. The van der Waals surface area contributed by atoms with Crippen molar-refractivity contribution in [1.29, 1.82) is 0 Å². The van der Waals surface area contributed by atoms with Gasteiger partial charge in [-0.05, 0) is 48.7 Å². The standard InChI is InChI=1S/C22H19BrFNO/c1-14-6-3-4-9-19(14)20(16-7-5-8-18(23)11-16)13-21(26)17-10-15(2)25-22(24)12-17/h3-12,20H,13H2,1-2H3. The fourth-order valence-corrected chi connectivity index (χ4v) is 3.62. The summed E-state index contributed by atoms with van der Waals surface area (Å²) >= 11 is 3.51. The zero-order valence-electron chi connectivity index (χ0n) is 14.7. The zero-order valence-corrected chi connectivity index (χ0v) is 16.3. The van der Waals surface area contributed by atoms with E-state index in [1.165, 1.54) is 6.07 Å². The minimum absolute atomic E-state index is 0.0948. The van der Waals surface area contributed by atoms with Crippen molar-refractivity contribution in [1.82, 2.24) is 4.98 Å². The summed E-state index contributed by atoms with van der Waals surface area (Å²) in [6.07, 6.45) is 0.268. The van der Waals surface area contributed by atoms with Crippen LogP contribution in [0.25, 0.3) is 0 Å². The lowest BCUT2D eigenvalue weighted by Crippen LogP contribution is -2.11. The molecule has 26 heavy (non-hydrogen) atoms. The van der Waals surface area contributed by atoms with Crippen LogP contribution < -0.4 is 0 Å². The van der Waals surface area contributed by atoms with Crippen molar-refractivity contribution in [3.63, 3.8) is 0 Å². The summed E-state index contributed by atoms with van der Waals surface area (Å²) in [4.78, 5) is 16.6. The molecule has 0 spiro atoms. The van der Waals surface area contributed by atoms with Crippen molar-refractivity contribution in [3.8, 4) is 0 Å². The van der Waals surface area contributed by atoms with Gasteiger partial charge in [-0.1, -0.05) is 52.3 Å². The SMILES string of the molecule is Cc1cc(C(=O)CC(c2cccc(Br)c2)c2ccccc2C)cc(F)n1. The van der Waals surface area contributed by atoms with Crippen molar-refractivity contribution in [3.05, 3.63) is 99.0 Å². The van der Waals surface area contributed by atoms with E-state index in [-0.39, 0.29) is 18.1 Å². The number of carbonyl (C=O) groups excluding carboxylic acids is 1. The molecule has 0 aliphatic carbocycles. The molecule has 0 N–H and O–H groups in total. The average molecular weight is 412 g/mol. The molecule has 0 bridgehead atoms. The Kier molecular flexibility index (Phi) is 5.62. The Morgan fingerprint density at radius 3 is 2.54 bits per heavy atom. The Morgan fingerprint density at radius 1 is 1.08 bits per heavy atom. The van der Waals surface area contributed by atoms with Crippen LogP contribution in [0.5, 0.6) is 0 Å². The first-order valence-electron chi connectivity index (χ1n) is 8.42. The summed E-state index contributed by atoms with van der Waals surface area (Å²) in [6.45, 7) is 3.73. The van der Waals surface area contributed by atoms with Crippen molar-refractivity contribution < 1.29 is 9.18 Å². The Morgan fingerprint density at radius 2 is 1.85 bits per heavy atom. The molecular formula is C22H19BrFNO. The van der Waals surface area contributed by atoms with Crippen molar-refractivity contribution in [2.45, 2.75) is 26.2 Å². The number of aryl methyl sites for hydroxylation is 2. The first-order valence-corrected chi connectivity index (χ1v) is 9.21. The molecule has 0 amide bonds. The first-order chi connectivity index (χ1) is 12.4.